The Labute approximate surface area is 137 Å². The van der Waals surface area contributed by atoms with E-state index in [-0.39, 0.29) is 5.91 Å². The molecule has 0 radical (unpaired) electrons. The number of nitrogens with one attached hydrogen (secondary N) is 1. The van der Waals surface area contributed by atoms with Gasteiger partial charge in [0.25, 0.3) is 5.91 Å². The van der Waals surface area contributed by atoms with Crippen LogP contribution in [-0.4, -0.2) is 48.6 Å². The summed E-state index contributed by atoms with van der Waals surface area (Å²) in [6.07, 6.45) is -4.29. The molecule has 1 aromatic rings. The third-order valence-electron chi connectivity index (χ3n) is 3.79. The van der Waals surface area contributed by atoms with Gasteiger partial charge in [-0.1, -0.05) is 0 Å². The number of piperidine rings is 1. The highest BCUT2D eigenvalue weighted by atomic mass is 19.4. The number of amides is 2. The molecule has 2 rings (SSSR count). The number of hydrogen-bond acceptors (Lipinski definition) is 3. The van der Waals surface area contributed by atoms with Gasteiger partial charge in [0, 0.05) is 24.7 Å². The summed E-state index contributed by atoms with van der Waals surface area (Å²) >= 11 is 0. The van der Waals surface area contributed by atoms with Crippen LogP contribution in [-0.2, 0) is 4.79 Å². The summed E-state index contributed by atoms with van der Waals surface area (Å²) in [4.78, 5) is 24.9. The number of rotatable bonds is 4. The average Bonchev–Trinajstić information content (AvgIpc) is 2.55. The van der Waals surface area contributed by atoms with Crippen LogP contribution < -0.4 is 10.1 Å². The minimum Gasteiger partial charge on any atom is -0.494 e. The summed E-state index contributed by atoms with van der Waals surface area (Å²) in [6, 6.07) is 6.15. The van der Waals surface area contributed by atoms with Gasteiger partial charge in [0.1, 0.15) is 5.75 Å². The lowest BCUT2D eigenvalue weighted by molar-refractivity contribution is -0.174. The average molecular weight is 344 g/mol. The number of carbonyl (C=O) groups excluding carboxylic acids is 2. The first-order valence-corrected chi connectivity index (χ1v) is 7.71. The zero-order valence-electron chi connectivity index (χ0n) is 13.2. The molecule has 0 spiro atoms. The molecular formula is C16H19F3N2O3. The van der Waals surface area contributed by atoms with Crippen LogP contribution in [0.15, 0.2) is 24.3 Å². The zero-order valence-corrected chi connectivity index (χ0v) is 13.2. The third kappa shape index (κ3) is 4.62. The number of ether oxygens (including phenoxy) is 1. The quantitative estimate of drug-likeness (QED) is 0.912. The molecule has 1 aliphatic rings. The molecule has 1 N–H and O–H groups in total. The highest BCUT2D eigenvalue weighted by Gasteiger charge is 2.40. The molecule has 1 saturated heterocycles. The molecule has 132 valence electrons. The molecule has 0 aromatic heterocycles. The largest absolute Gasteiger partial charge is 0.494 e. The van der Waals surface area contributed by atoms with E-state index in [0.717, 1.165) is 0 Å². The van der Waals surface area contributed by atoms with Gasteiger partial charge in [-0.05, 0) is 44.0 Å². The zero-order chi connectivity index (χ0) is 17.7. The van der Waals surface area contributed by atoms with E-state index in [1.54, 1.807) is 29.2 Å². The second kappa shape index (κ2) is 7.55. The van der Waals surface area contributed by atoms with E-state index in [1.165, 1.54) is 0 Å². The van der Waals surface area contributed by atoms with Crippen molar-refractivity contribution in [2.75, 3.05) is 19.7 Å². The van der Waals surface area contributed by atoms with Crippen LogP contribution in [0.25, 0.3) is 0 Å². The Kier molecular flexibility index (Phi) is 5.69. The number of benzene rings is 1. The van der Waals surface area contributed by atoms with E-state index in [0.29, 0.717) is 43.9 Å². The molecule has 1 aromatic carbocycles. The first-order valence-electron chi connectivity index (χ1n) is 7.71. The number of alkyl halides is 3. The van der Waals surface area contributed by atoms with Crippen LogP contribution in [0.4, 0.5) is 13.2 Å². The predicted octanol–water partition coefficient (Wildman–Crippen LogP) is 2.37. The van der Waals surface area contributed by atoms with Crippen LogP contribution in [0, 0.1) is 0 Å². The summed E-state index contributed by atoms with van der Waals surface area (Å²) in [7, 11) is 0. The lowest BCUT2D eigenvalue weighted by Crippen LogP contribution is -2.49. The van der Waals surface area contributed by atoms with E-state index in [9.17, 15) is 22.8 Å². The topological polar surface area (TPSA) is 58.6 Å². The highest BCUT2D eigenvalue weighted by molar-refractivity contribution is 5.94. The number of hydrogen-bond donors (Lipinski definition) is 1. The third-order valence-corrected chi connectivity index (χ3v) is 3.79. The fraction of sp³-hybridized carbons (Fsp3) is 0.500. The van der Waals surface area contributed by atoms with Crippen molar-refractivity contribution < 1.29 is 27.5 Å². The predicted molar refractivity (Wildman–Crippen MR) is 80.7 cm³/mol. The first-order chi connectivity index (χ1) is 11.3. The van der Waals surface area contributed by atoms with Crippen molar-refractivity contribution in [3.8, 4) is 5.75 Å². The van der Waals surface area contributed by atoms with Crippen molar-refractivity contribution in [2.24, 2.45) is 0 Å². The van der Waals surface area contributed by atoms with E-state index < -0.39 is 18.1 Å². The van der Waals surface area contributed by atoms with E-state index in [4.69, 9.17) is 4.74 Å². The van der Waals surface area contributed by atoms with Gasteiger partial charge in [-0.15, -0.1) is 0 Å². The van der Waals surface area contributed by atoms with Crippen molar-refractivity contribution in [1.82, 2.24) is 10.2 Å². The molecule has 0 bridgehead atoms. The van der Waals surface area contributed by atoms with Gasteiger partial charge in [0.15, 0.2) is 0 Å². The Bertz CT molecular complexity index is 579. The van der Waals surface area contributed by atoms with Crippen molar-refractivity contribution in [3.63, 3.8) is 0 Å². The summed E-state index contributed by atoms with van der Waals surface area (Å²) in [5.74, 6) is -1.44. The molecule has 1 fully saturated rings. The SMILES string of the molecule is CCOc1ccc(C(=O)N2CCC(NC(=O)C(F)(F)F)CC2)cc1. The monoisotopic (exact) mass is 344 g/mol. The van der Waals surface area contributed by atoms with E-state index in [1.807, 2.05) is 12.2 Å². The minimum atomic E-state index is -4.88. The molecule has 0 atom stereocenters. The number of likely N-dealkylation sites (tertiary alicyclic amines) is 1. The fourth-order valence-corrected chi connectivity index (χ4v) is 2.54. The molecule has 0 unspecified atom stereocenters. The second-order valence-electron chi connectivity index (χ2n) is 5.50. The van der Waals surface area contributed by atoms with E-state index >= 15 is 0 Å². The molecule has 1 aliphatic heterocycles. The molecule has 24 heavy (non-hydrogen) atoms. The smallest absolute Gasteiger partial charge is 0.471 e. The molecular weight excluding hydrogens is 325 g/mol. The van der Waals surface area contributed by atoms with Gasteiger partial charge in [-0.3, -0.25) is 9.59 Å². The first kappa shape index (κ1) is 18.1. The van der Waals surface area contributed by atoms with Crippen molar-refractivity contribution in [3.05, 3.63) is 29.8 Å². The van der Waals surface area contributed by atoms with Gasteiger partial charge in [0.05, 0.1) is 6.61 Å². The maximum absolute atomic E-state index is 12.4. The molecule has 2 amide bonds. The molecule has 1 heterocycles. The Morgan fingerprint density at radius 3 is 2.29 bits per heavy atom. The maximum Gasteiger partial charge on any atom is 0.471 e. The van der Waals surface area contributed by atoms with Crippen LogP contribution in [0.5, 0.6) is 5.75 Å². The molecule has 5 nitrogen and oxygen atoms in total. The number of halogens is 3. The van der Waals surface area contributed by atoms with Crippen LogP contribution >= 0.6 is 0 Å². The van der Waals surface area contributed by atoms with Gasteiger partial charge >= 0.3 is 12.1 Å². The van der Waals surface area contributed by atoms with Crippen LogP contribution in [0.1, 0.15) is 30.1 Å². The molecule has 0 aliphatic carbocycles. The summed E-state index contributed by atoms with van der Waals surface area (Å²) in [5, 5.41) is 1.96. The van der Waals surface area contributed by atoms with Crippen LogP contribution in [0.3, 0.4) is 0 Å². The van der Waals surface area contributed by atoms with Gasteiger partial charge in [-0.25, -0.2) is 0 Å². The normalized spacial score (nSPS) is 15.9. The van der Waals surface area contributed by atoms with E-state index in [2.05, 4.69) is 0 Å². The summed E-state index contributed by atoms with van der Waals surface area (Å²) in [6.45, 7) is 2.99. The Morgan fingerprint density at radius 2 is 1.79 bits per heavy atom. The number of nitrogens with zero attached hydrogens (tertiary/aromatic N) is 1. The van der Waals surface area contributed by atoms with Crippen LogP contribution in [0.2, 0.25) is 0 Å². The Hall–Kier alpha value is -2.25. The fourth-order valence-electron chi connectivity index (χ4n) is 2.54. The molecule has 8 heteroatoms. The summed E-state index contributed by atoms with van der Waals surface area (Å²) in [5.41, 5.74) is 0.497. The standard InChI is InChI=1S/C16H19F3N2O3/c1-2-24-13-5-3-11(4-6-13)14(22)21-9-7-12(8-10-21)20-15(23)16(17,18)19/h3-6,12H,2,7-10H2,1H3,(H,20,23). The van der Waals surface area contributed by atoms with Gasteiger partial charge < -0.3 is 15.0 Å². The second-order valence-corrected chi connectivity index (χ2v) is 5.50. The number of carbonyl (C=O) groups is 2. The maximum atomic E-state index is 12.4. The molecule has 0 saturated carbocycles. The Balaban J connectivity index is 1.87. The van der Waals surface area contributed by atoms with Crippen molar-refractivity contribution >= 4 is 11.8 Å². The highest BCUT2D eigenvalue weighted by Crippen LogP contribution is 2.19. The van der Waals surface area contributed by atoms with Gasteiger partial charge in [-0.2, -0.15) is 13.2 Å². The summed E-state index contributed by atoms with van der Waals surface area (Å²) < 4.78 is 42.0. The minimum absolute atomic E-state index is 0.182. The lowest BCUT2D eigenvalue weighted by atomic mass is 10.0. The van der Waals surface area contributed by atoms with Crippen molar-refractivity contribution in [2.45, 2.75) is 32.0 Å². The van der Waals surface area contributed by atoms with Gasteiger partial charge in [0.2, 0.25) is 0 Å². The Morgan fingerprint density at radius 1 is 1.21 bits per heavy atom. The van der Waals surface area contributed by atoms with Crippen molar-refractivity contribution in [1.29, 1.82) is 0 Å². The lowest BCUT2D eigenvalue weighted by Gasteiger charge is -2.32.